The summed E-state index contributed by atoms with van der Waals surface area (Å²) < 4.78 is 14.2. The van der Waals surface area contributed by atoms with E-state index in [9.17, 15) is 4.39 Å². The van der Waals surface area contributed by atoms with Crippen LogP contribution in [0.4, 0.5) is 4.39 Å². The Morgan fingerprint density at radius 1 is 1.33 bits per heavy atom. The average Bonchev–Trinajstić information content (AvgIpc) is 2.45. The van der Waals surface area contributed by atoms with Crippen LogP contribution in [0.5, 0.6) is 0 Å². The van der Waals surface area contributed by atoms with Gasteiger partial charge in [0.15, 0.2) is 0 Å². The van der Waals surface area contributed by atoms with Crippen molar-refractivity contribution in [3.05, 3.63) is 34.1 Å². The smallest absolute Gasteiger partial charge is 0.124 e. The van der Waals surface area contributed by atoms with Crippen molar-refractivity contribution < 1.29 is 4.39 Å². The number of hydrogen-bond acceptors (Lipinski definition) is 2. The number of benzene rings is 1. The van der Waals surface area contributed by atoms with Crippen LogP contribution in [0.2, 0.25) is 0 Å². The summed E-state index contributed by atoms with van der Waals surface area (Å²) in [5.74, 6) is -0.191. The Labute approximate surface area is 136 Å². The summed E-state index contributed by atoms with van der Waals surface area (Å²) in [6, 6.07) is 6.28. The molecule has 1 saturated carbocycles. The predicted molar refractivity (Wildman–Crippen MR) is 89.7 cm³/mol. The van der Waals surface area contributed by atoms with Gasteiger partial charge in [0.1, 0.15) is 5.82 Å². The van der Waals surface area contributed by atoms with Crippen LogP contribution < -0.4 is 5.73 Å². The highest BCUT2D eigenvalue weighted by Crippen LogP contribution is 2.33. The van der Waals surface area contributed by atoms with E-state index in [0.29, 0.717) is 18.1 Å². The van der Waals surface area contributed by atoms with Crippen LogP contribution in [-0.4, -0.2) is 23.5 Å². The Hall–Kier alpha value is -0.450. The van der Waals surface area contributed by atoms with Crippen LogP contribution in [0.15, 0.2) is 22.7 Å². The van der Waals surface area contributed by atoms with Gasteiger partial charge < -0.3 is 5.73 Å². The molecule has 2 nitrogen and oxygen atoms in total. The molecule has 0 spiro atoms. The maximum absolute atomic E-state index is 13.3. The lowest BCUT2D eigenvalue weighted by atomic mass is 9.89. The van der Waals surface area contributed by atoms with Crippen molar-refractivity contribution in [2.24, 2.45) is 5.73 Å². The van der Waals surface area contributed by atoms with Gasteiger partial charge in [0.05, 0.1) is 0 Å². The Kier molecular flexibility index (Phi) is 6.20. The molecule has 0 amide bonds. The standard InChI is InChI=1S/C17H26BrFN2/c1-3-10-21(15-7-5-14(20)6-8-15)12(2)16-9-4-13(19)11-17(16)18/h4,9,11-12,14-15H,3,5-8,10,20H2,1-2H3. The SMILES string of the molecule is CCCN(C1CCC(N)CC1)C(C)c1ccc(F)cc1Br. The minimum atomic E-state index is -0.191. The molecule has 4 heteroatoms. The molecule has 1 fully saturated rings. The molecule has 0 aromatic heterocycles. The first-order valence-electron chi connectivity index (χ1n) is 7.99. The van der Waals surface area contributed by atoms with Gasteiger partial charge in [-0.25, -0.2) is 4.39 Å². The molecule has 0 heterocycles. The lowest BCUT2D eigenvalue weighted by Gasteiger charge is -2.40. The molecular weight excluding hydrogens is 331 g/mol. The Balaban J connectivity index is 2.16. The molecular formula is C17H26BrFN2. The molecule has 1 unspecified atom stereocenters. The first kappa shape index (κ1) is 16.9. The number of nitrogens with zero attached hydrogens (tertiary/aromatic N) is 1. The van der Waals surface area contributed by atoms with Crippen molar-refractivity contribution >= 4 is 15.9 Å². The van der Waals surface area contributed by atoms with Crippen molar-refractivity contribution in [1.29, 1.82) is 0 Å². The van der Waals surface area contributed by atoms with Crippen molar-refractivity contribution in [3.63, 3.8) is 0 Å². The van der Waals surface area contributed by atoms with Gasteiger partial charge in [-0.2, -0.15) is 0 Å². The van der Waals surface area contributed by atoms with Crippen LogP contribution >= 0.6 is 15.9 Å². The Morgan fingerprint density at radius 3 is 2.57 bits per heavy atom. The van der Waals surface area contributed by atoms with Crippen molar-refractivity contribution in [1.82, 2.24) is 4.90 Å². The number of halogens is 2. The second-order valence-electron chi connectivity index (χ2n) is 6.15. The summed E-state index contributed by atoms with van der Waals surface area (Å²) in [5, 5.41) is 0. The number of hydrogen-bond donors (Lipinski definition) is 1. The first-order valence-corrected chi connectivity index (χ1v) is 8.78. The monoisotopic (exact) mass is 356 g/mol. The van der Waals surface area contributed by atoms with Gasteiger partial charge in [0.2, 0.25) is 0 Å². The number of nitrogens with two attached hydrogens (primary N) is 1. The second kappa shape index (κ2) is 7.70. The summed E-state index contributed by atoms with van der Waals surface area (Å²) in [6.45, 7) is 5.51. The second-order valence-corrected chi connectivity index (χ2v) is 7.00. The van der Waals surface area contributed by atoms with Crippen LogP contribution in [-0.2, 0) is 0 Å². The quantitative estimate of drug-likeness (QED) is 0.832. The molecule has 21 heavy (non-hydrogen) atoms. The maximum atomic E-state index is 13.3. The van der Waals surface area contributed by atoms with Gasteiger partial charge in [0, 0.05) is 22.6 Å². The van der Waals surface area contributed by atoms with Gasteiger partial charge in [-0.1, -0.05) is 28.9 Å². The van der Waals surface area contributed by atoms with E-state index in [-0.39, 0.29) is 5.82 Å². The highest BCUT2D eigenvalue weighted by molar-refractivity contribution is 9.10. The molecule has 0 radical (unpaired) electrons. The fraction of sp³-hybridized carbons (Fsp3) is 0.647. The summed E-state index contributed by atoms with van der Waals surface area (Å²) >= 11 is 3.51. The third-order valence-corrected chi connectivity index (χ3v) is 5.29. The largest absolute Gasteiger partial charge is 0.328 e. The van der Waals surface area contributed by atoms with E-state index >= 15 is 0 Å². The van der Waals surface area contributed by atoms with Crippen molar-refractivity contribution in [2.75, 3.05) is 6.54 Å². The third-order valence-electron chi connectivity index (χ3n) is 4.60. The fourth-order valence-corrected chi connectivity index (χ4v) is 4.09. The zero-order chi connectivity index (χ0) is 15.4. The average molecular weight is 357 g/mol. The molecule has 1 aliphatic rings. The zero-order valence-corrected chi connectivity index (χ0v) is 14.6. The molecule has 2 rings (SSSR count). The minimum Gasteiger partial charge on any atom is -0.328 e. The van der Waals surface area contributed by atoms with Crippen molar-refractivity contribution in [3.8, 4) is 0 Å². The highest BCUT2D eigenvalue weighted by Gasteiger charge is 2.28. The van der Waals surface area contributed by atoms with E-state index in [1.807, 2.05) is 6.07 Å². The summed E-state index contributed by atoms with van der Waals surface area (Å²) in [4.78, 5) is 2.57. The normalized spacial score (nSPS) is 24.3. The molecule has 1 aromatic carbocycles. The molecule has 2 N–H and O–H groups in total. The van der Waals surface area contributed by atoms with E-state index < -0.39 is 0 Å². The zero-order valence-electron chi connectivity index (χ0n) is 13.0. The van der Waals surface area contributed by atoms with Gasteiger partial charge in [-0.3, -0.25) is 4.90 Å². The summed E-state index contributed by atoms with van der Waals surface area (Å²) in [6.07, 6.45) is 5.70. The maximum Gasteiger partial charge on any atom is 0.124 e. The molecule has 0 bridgehead atoms. The minimum absolute atomic E-state index is 0.191. The van der Waals surface area contributed by atoms with Crippen LogP contribution in [0.3, 0.4) is 0 Å². The van der Waals surface area contributed by atoms with Crippen LogP contribution in [0.1, 0.15) is 57.6 Å². The van der Waals surface area contributed by atoms with Crippen LogP contribution in [0, 0.1) is 5.82 Å². The lowest BCUT2D eigenvalue weighted by Crippen LogP contribution is -2.42. The number of rotatable bonds is 5. The predicted octanol–water partition coefficient (Wildman–Crippen LogP) is 4.63. The third kappa shape index (κ3) is 4.27. The highest BCUT2D eigenvalue weighted by atomic mass is 79.9. The lowest BCUT2D eigenvalue weighted by molar-refractivity contribution is 0.107. The summed E-state index contributed by atoms with van der Waals surface area (Å²) in [5.41, 5.74) is 7.20. The summed E-state index contributed by atoms with van der Waals surface area (Å²) in [7, 11) is 0. The first-order chi connectivity index (χ1) is 10.0. The van der Waals surface area contributed by atoms with Gasteiger partial charge in [0.25, 0.3) is 0 Å². The van der Waals surface area contributed by atoms with Gasteiger partial charge >= 0.3 is 0 Å². The van der Waals surface area contributed by atoms with E-state index in [1.165, 1.54) is 18.4 Å². The van der Waals surface area contributed by atoms with Crippen molar-refractivity contribution in [2.45, 2.75) is 64.1 Å². The fourth-order valence-electron chi connectivity index (χ4n) is 3.40. The Bertz CT molecular complexity index is 458. The van der Waals surface area contributed by atoms with Crippen LogP contribution in [0.25, 0.3) is 0 Å². The van der Waals surface area contributed by atoms with Gasteiger partial charge in [-0.15, -0.1) is 0 Å². The Morgan fingerprint density at radius 2 is 2.00 bits per heavy atom. The topological polar surface area (TPSA) is 29.3 Å². The molecule has 1 aromatic rings. The van der Waals surface area contributed by atoms with Gasteiger partial charge in [-0.05, 0) is 63.3 Å². The molecule has 1 atom stereocenters. The molecule has 1 aliphatic carbocycles. The van der Waals surface area contributed by atoms with E-state index in [1.54, 1.807) is 12.1 Å². The van der Waals surface area contributed by atoms with E-state index in [4.69, 9.17) is 5.73 Å². The van der Waals surface area contributed by atoms with E-state index in [0.717, 1.165) is 30.3 Å². The molecule has 118 valence electrons. The van der Waals surface area contributed by atoms with E-state index in [2.05, 4.69) is 34.7 Å². The molecule has 0 aliphatic heterocycles. The molecule has 0 saturated heterocycles.